The van der Waals surface area contributed by atoms with Crippen molar-refractivity contribution in [3.05, 3.63) is 34.9 Å². The Labute approximate surface area is 182 Å². The minimum atomic E-state index is -0.666. The first-order valence-electron chi connectivity index (χ1n) is 11.8. The molecule has 0 bridgehead atoms. The number of hydrogen-bond acceptors (Lipinski definition) is 2. The number of aliphatic hydroxyl groups excluding tert-OH is 2. The molecular formula is C27H39O3+. The minimum Gasteiger partial charge on any atom is -0.432 e. The molecule has 0 aromatic carbocycles. The molecule has 0 aliphatic heterocycles. The van der Waals surface area contributed by atoms with Gasteiger partial charge in [-0.3, -0.25) is 0 Å². The summed E-state index contributed by atoms with van der Waals surface area (Å²) in [5.41, 5.74) is 4.22. The molecule has 4 rings (SSSR count). The van der Waals surface area contributed by atoms with Gasteiger partial charge in [-0.2, -0.15) is 0 Å². The van der Waals surface area contributed by atoms with Crippen LogP contribution in [0.4, 0.5) is 0 Å². The second kappa shape index (κ2) is 7.97. The van der Waals surface area contributed by atoms with Crippen LogP contribution in [0.25, 0.3) is 0 Å². The molecule has 0 saturated heterocycles. The molecule has 4 aliphatic carbocycles. The van der Waals surface area contributed by atoms with Gasteiger partial charge in [-0.15, -0.1) is 0 Å². The van der Waals surface area contributed by atoms with Crippen LogP contribution in [0.15, 0.2) is 34.9 Å². The Bertz CT molecular complexity index is 812. The topological polar surface area (TPSA) is 63.4 Å². The Morgan fingerprint density at radius 3 is 2.50 bits per heavy atom. The summed E-state index contributed by atoms with van der Waals surface area (Å²) in [6, 6.07) is 0. The number of hydrogen-bond donors (Lipinski definition) is 2. The van der Waals surface area contributed by atoms with Gasteiger partial charge in [0.15, 0.2) is 0 Å². The SMILES string of the molecule is CC(C)([OH2+])C#CCC1(C2=CC[C@H]3/C(=C/C=C4C[C@@H](O)C[C@H](O)C4)CCC[C@]23C)CC1. The van der Waals surface area contributed by atoms with Crippen molar-refractivity contribution < 1.29 is 15.3 Å². The highest BCUT2D eigenvalue weighted by Gasteiger charge is 2.56. The van der Waals surface area contributed by atoms with Crippen molar-refractivity contribution in [3.8, 4) is 11.8 Å². The number of aliphatic hydroxyl groups is 2. The third kappa shape index (κ3) is 4.47. The van der Waals surface area contributed by atoms with E-state index in [2.05, 4.69) is 37.0 Å². The predicted octanol–water partition coefficient (Wildman–Crippen LogP) is 4.56. The van der Waals surface area contributed by atoms with Crippen molar-refractivity contribution in [2.45, 2.75) is 103 Å². The molecule has 4 aliphatic rings. The number of fused-ring (bicyclic) bond motifs is 1. The number of allylic oxidation sites excluding steroid dienone is 5. The van der Waals surface area contributed by atoms with Crippen molar-refractivity contribution in [2.75, 3.05) is 0 Å². The van der Waals surface area contributed by atoms with Gasteiger partial charge < -0.3 is 15.3 Å². The zero-order valence-electron chi connectivity index (χ0n) is 18.9. The van der Waals surface area contributed by atoms with Gasteiger partial charge in [-0.25, -0.2) is 0 Å². The lowest BCUT2D eigenvalue weighted by Gasteiger charge is -2.43. The lowest BCUT2D eigenvalue weighted by molar-refractivity contribution is 0.0609. The summed E-state index contributed by atoms with van der Waals surface area (Å²) in [7, 11) is 0. The van der Waals surface area contributed by atoms with E-state index in [1.165, 1.54) is 31.3 Å². The third-order valence-electron chi connectivity index (χ3n) is 7.88. The summed E-state index contributed by atoms with van der Waals surface area (Å²) in [5.74, 6) is 7.06. The molecule has 0 amide bonds. The van der Waals surface area contributed by atoms with E-state index < -0.39 is 17.8 Å². The van der Waals surface area contributed by atoms with Gasteiger partial charge in [0, 0.05) is 25.7 Å². The Hall–Kier alpha value is -1.34. The number of rotatable bonds is 3. The summed E-state index contributed by atoms with van der Waals surface area (Å²) in [6.07, 6.45) is 16.3. The van der Waals surface area contributed by atoms with Crippen LogP contribution >= 0.6 is 0 Å². The van der Waals surface area contributed by atoms with Crippen molar-refractivity contribution in [1.29, 1.82) is 0 Å². The Balaban J connectivity index is 1.51. The fraction of sp³-hybridized carbons (Fsp3) is 0.704. The average molecular weight is 412 g/mol. The summed E-state index contributed by atoms with van der Waals surface area (Å²) in [6.45, 7) is 6.21. The van der Waals surface area contributed by atoms with E-state index in [1.807, 2.05) is 13.8 Å². The van der Waals surface area contributed by atoms with Crippen molar-refractivity contribution in [2.24, 2.45) is 16.7 Å². The van der Waals surface area contributed by atoms with Gasteiger partial charge in [0.25, 0.3) is 0 Å². The lowest BCUT2D eigenvalue weighted by Crippen LogP contribution is -2.33. The van der Waals surface area contributed by atoms with Crippen LogP contribution in [0.1, 0.15) is 85.0 Å². The highest BCUT2D eigenvalue weighted by molar-refractivity contribution is 5.40. The van der Waals surface area contributed by atoms with E-state index in [0.717, 1.165) is 19.3 Å². The molecule has 0 unspecified atom stereocenters. The Morgan fingerprint density at radius 2 is 1.87 bits per heavy atom. The monoisotopic (exact) mass is 411 g/mol. The van der Waals surface area contributed by atoms with Crippen LogP contribution in [0, 0.1) is 28.6 Å². The summed E-state index contributed by atoms with van der Waals surface area (Å²) in [4.78, 5) is 0. The zero-order valence-corrected chi connectivity index (χ0v) is 18.9. The second-order valence-corrected chi connectivity index (χ2v) is 11.1. The first-order valence-corrected chi connectivity index (χ1v) is 11.8. The van der Waals surface area contributed by atoms with Crippen LogP contribution in [0.2, 0.25) is 0 Å². The van der Waals surface area contributed by atoms with Gasteiger partial charge in [0.2, 0.25) is 5.60 Å². The average Bonchev–Trinajstić information content (AvgIpc) is 3.31. The standard InChI is InChI=1S/C27H38O3/c1-25(2,30)11-5-13-27(14-15-27)24-10-9-23-20(6-4-12-26(23,24)3)8-7-19-16-21(28)18-22(29)17-19/h7-8,10,21-23,28-30H,4,6,9,12-18H2,1-3H3/p+1/b20-8+/t21-,22-,23+,26+/m1/s1. The van der Waals surface area contributed by atoms with Crippen LogP contribution in [-0.2, 0) is 0 Å². The molecule has 4 atom stereocenters. The molecule has 0 aromatic rings. The fourth-order valence-electron chi connectivity index (χ4n) is 6.30. The van der Waals surface area contributed by atoms with Gasteiger partial charge in [0.05, 0.1) is 12.2 Å². The molecule has 0 spiro atoms. The van der Waals surface area contributed by atoms with E-state index in [1.54, 1.807) is 11.1 Å². The Morgan fingerprint density at radius 1 is 1.17 bits per heavy atom. The van der Waals surface area contributed by atoms with Gasteiger partial charge in [-0.05, 0) is 75.0 Å². The molecule has 164 valence electrons. The molecule has 3 fully saturated rings. The summed E-state index contributed by atoms with van der Waals surface area (Å²) in [5, 5.41) is 28.0. The van der Waals surface area contributed by atoms with Crippen molar-refractivity contribution >= 4 is 0 Å². The van der Waals surface area contributed by atoms with Crippen LogP contribution < -0.4 is 0 Å². The molecule has 3 heteroatoms. The third-order valence-corrected chi connectivity index (χ3v) is 7.88. The van der Waals surface area contributed by atoms with E-state index in [-0.39, 0.29) is 10.8 Å². The highest BCUT2D eigenvalue weighted by Crippen LogP contribution is 2.67. The first-order chi connectivity index (χ1) is 14.1. The van der Waals surface area contributed by atoms with Gasteiger partial charge in [-0.1, -0.05) is 47.8 Å². The van der Waals surface area contributed by atoms with Gasteiger partial charge >= 0.3 is 0 Å². The van der Waals surface area contributed by atoms with E-state index in [0.29, 0.717) is 25.2 Å². The molecule has 30 heavy (non-hydrogen) atoms. The van der Waals surface area contributed by atoms with Gasteiger partial charge in [0.1, 0.15) is 0 Å². The normalized spacial score (nSPS) is 36.6. The highest BCUT2D eigenvalue weighted by atomic mass is 16.3. The van der Waals surface area contributed by atoms with Crippen molar-refractivity contribution in [1.82, 2.24) is 0 Å². The Kier molecular flexibility index (Phi) is 5.81. The van der Waals surface area contributed by atoms with Crippen LogP contribution in [0.3, 0.4) is 0 Å². The second-order valence-electron chi connectivity index (χ2n) is 11.1. The molecule has 3 nitrogen and oxygen atoms in total. The molecule has 0 aromatic heterocycles. The maximum absolute atomic E-state index is 9.98. The van der Waals surface area contributed by atoms with E-state index >= 15 is 0 Å². The lowest BCUT2D eigenvalue weighted by atomic mass is 9.61. The largest absolute Gasteiger partial charge is 0.432 e. The summed E-state index contributed by atoms with van der Waals surface area (Å²) < 4.78 is 0. The first kappa shape index (κ1) is 21.9. The fourth-order valence-corrected chi connectivity index (χ4v) is 6.30. The predicted molar refractivity (Wildman–Crippen MR) is 122 cm³/mol. The van der Waals surface area contributed by atoms with Crippen LogP contribution in [0.5, 0.6) is 0 Å². The van der Waals surface area contributed by atoms with E-state index in [4.69, 9.17) is 5.11 Å². The maximum Gasteiger partial charge on any atom is 0.220 e. The van der Waals surface area contributed by atoms with Crippen molar-refractivity contribution in [3.63, 3.8) is 0 Å². The minimum absolute atomic E-state index is 0.239. The van der Waals surface area contributed by atoms with Crippen LogP contribution in [-0.4, -0.2) is 33.1 Å². The summed E-state index contributed by atoms with van der Waals surface area (Å²) >= 11 is 0. The zero-order chi connectivity index (χ0) is 21.6. The maximum atomic E-state index is 9.98. The smallest absolute Gasteiger partial charge is 0.220 e. The molecule has 3 saturated carbocycles. The quantitative estimate of drug-likeness (QED) is 0.406. The van der Waals surface area contributed by atoms with E-state index in [9.17, 15) is 10.2 Å². The molecule has 0 heterocycles. The molecular weight excluding hydrogens is 372 g/mol. The molecule has 0 radical (unpaired) electrons. The molecule has 4 N–H and O–H groups in total.